The zero-order valence-electron chi connectivity index (χ0n) is 13.2. The first-order valence-corrected chi connectivity index (χ1v) is 8.03. The van der Waals surface area contributed by atoms with Crippen molar-refractivity contribution in [3.63, 3.8) is 0 Å². The molecule has 1 aromatic rings. The summed E-state index contributed by atoms with van der Waals surface area (Å²) in [4.78, 5) is 2.37. The lowest BCUT2D eigenvalue weighted by Gasteiger charge is -2.29. The van der Waals surface area contributed by atoms with Crippen molar-refractivity contribution in [2.75, 3.05) is 13.6 Å². The van der Waals surface area contributed by atoms with Crippen molar-refractivity contribution in [1.29, 1.82) is 0 Å². The normalized spacial score (nSPS) is 19.1. The first-order valence-electron chi connectivity index (χ1n) is 8.03. The van der Waals surface area contributed by atoms with Gasteiger partial charge in [0.25, 0.3) is 0 Å². The van der Waals surface area contributed by atoms with Crippen molar-refractivity contribution in [3.8, 4) is 0 Å². The van der Waals surface area contributed by atoms with Crippen molar-refractivity contribution < 1.29 is 5.11 Å². The number of aliphatic hydroxyl groups excluding tert-OH is 1. The lowest BCUT2D eigenvalue weighted by Crippen LogP contribution is -2.34. The largest absolute Gasteiger partial charge is 0.387 e. The summed E-state index contributed by atoms with van der Waals surface area (Å²) in [6, 6.07) is 7.03. The van der Waals surface area contributed by atoms with E-state index in [0.717, 1.165) is 12.1 Å². The third-order valence-corrected chi connectivity index (χ3v) is 4.54. The zero-order valence-corrected chi connectivity index (χ0v) is 13.2. The highest BCUT2D eigenvalue weighted by Crippen LogP contribution is 2.24. The number of hydrogen-bond donors (Lipinski definition) is 1. The maximum Gasteiger partial charge on any atom is 0.0917 e. The van der Waals surface area contributed by atoms with E-state index in [0.29, 0.717) is 6.04 Å². The summed E-state index contributed by atoms with van der Waals surface area (Å²) < 4.78 is 0. The summed E-state index contributed by atoms with van der Waals surface area (Å²) in [6.07, 6.45) is 7.64. The van der Waals surface area contributed by atoms with Crippen LogP contribution in [0.25, 0.3) is 0 Å². The van der Waals surface area contributed by atoms with Gasteiger partial charge in [-0.25, -0.2) is 0 Å². The third-order valence-electron chi connectivity index (χ3n) is 4.54. The van der Waals surface area contributed by atoms with Gasteiger partial charge in [-0.3, -0.25) is 0 Å². The van der Waals surface area contributed by atoms with Crippen LogP contribution in [-0.2, 0) is 0 Å². The molecular formula is C18H29NO. The molecule has 2 rings (SSSR count). The molecule has 0 aromatic heterocycles. The van der Waals surface area contributed by atoms with Gasteiger partial charge in [0, 0.05) is 12.6 Å². The summed E-state index contributed by atoms with van der Waals surface area (Å²) >= 11 is 0. The molecule has 1 aliphatic carbocycles. The quantitative estimate of drug-likeness (QED) is 0.840. The molecule has 0 bridgehead atoms. The molecule has 2 heteroatoms. The van der Waals surface area contributed by atoms with Gasteiger partial charge in [-0.15, -0.1) is 0 Å². The fourth-order valence-electron chi connectivity index (χ4n) is 3.43. The molecule has 0 heterocycles. The monoisotopic (exact) mass is 275 g/mol. The lowest BCUT2D eigenvalue weighted by molar-refractivity contribution is 0.0990. The first-order chi connectivity index (χ1) is 9.56. The van der Waals surface area contributed by atoms with E-state index in [1.807, 2.05) is 0 Å². The molecule has 1 aliphatic rings. The molecule has 0 spiro atoms. The fourth-order valence-corrected chi connectivity index (χ4v) is 3.43. The molecular weight excluding hydrogens is 246 g/mol. The van der Waals surface area contributed by atoms with Gasteiger partial charge in [-0.2, -0.15) is 0 Å². The molecule has 2 nitrogen and oxygen atoms in total. The molecule has 1 aromatic carbocycles. The second-order valence-corrected chi connectivity index (χ2v) is 6.52. The first kappa shape index (κ1) is 15.5. The lowest BCUT2D eigenvalue weighted by atomic mass is 10.0. The minimum absolute atomic E-state index is 0.373. The molecule has 112 valence electrons. The average molecular weight is 275 g/mol. The Kier molecular flexibility index (Phi) is 5.62. The van der Waals surface area contributed by atoms with Gasteiger partial charge in [0.2, 0.25) is 0 Å². The summed E-state index contributed by atoms with van der Waals surface area (Å²) in [5.41, 5.74) is 3.52. The Bertz CT molecular complexity index is 401. The molecule has 1 fully saturated rings. The van der Waals surface area contributed by atoms with Crippen LogP contribution in [0, 0.1) is 13.8 Å². The molecule has 0 amide bonds. The van der Waals surface area contributed by atoms with Gasteiger partial charge in [0.05, 0.1) is 6.10 Å². The Balaban J connectivity index is 1.97. The number of nitrogens with zero attached hydrogens (tertiary/aromatic N) is 1. The predicted octanol–water partition coefficient (Wildman–Crippen LogP) is 3.99. The van der Waals surface area contributed by atoms with E-state index in [1.165, 1.54) is 49.7 Å². The van der Waals surface area contributed by atoms with Crippen LogP contribution in [0.4, 0.5) is 0 Å². The zero-order chi connectivity index (χ0) is 14.5. The minimum Gasteiger partial charge on any atom is -0.387 e. The maximum atomic E-state index is 10.5. The highest BCUT2D eigenvalue weighted by molar-refractivity contribution is 5.30. The van der Waals surface area contributed by atoms with E-state index in [2.05, 4.69) is 44.0 Å². The van der Waals surface area contributed by atoms with Crippen LogP contribution in [-0.4, -0.2) is 29.6 Å². The van der Waals surface area contributed by atoms with Crippen molar-refractivity contribution in [2.45, 2.75) is 64.5 Å². The van der Waals surface area contributed by atoms with Gasteiger partial charge in [-0.1, -0.05) is 55.0 Å². The van der Waals surface area contributed by atoms with Crippen LogP contribution in [0.5, 0.6) is 0 Å². The van der Waals surface area contributed by atoms with Gasteiger partial charge in [0.15, 0.2) is 0 Å². The van der Waals surface area contributed by atoms with E-state index in [1.54, 1.807) is 0 Å². The number of benzene rings is 1. The maximum absolute atomic E-state index is 10.5. The van der Waals surface area contributed by atoms with Crippen molar-refractivity contribution >= 4 is 0 Å². The standard InChI is InChI=1S/C18H29NO/c1-14-10-15(2)12-16(11-14)18(20)13-19(3)17-8-6-4-5-7-9-17/h10-12,17-18,20H,4-9,13H2,1-3H3. The summed E-state index contributed by atoms with van der Waals surface area (Å²) in [7, 11) is 2.17. The summed E-state index contributed by atoms with van der Waals surface area (Å²) in [6.45, 7) is 4.93. The SMILES string of the molecule is Cc1cc(C)cc(C(O)CN(C)C2CCCCCC2)c1. The number of rotatable bonds is 4. The van der Waals surface area contributed by atoms with Gasteiger partial charge >= 0.3 is 0 Å². The van der Waals surface area contributed by atoms with Crippen LogP contribution in [0.15, 0.2) is 18.2 Å². The number of likely N-dealkylation sites (N-methyl/N-ethyl adjacent to an activating group) is 1. The highest BCUT2D eigenvalue weighted by atomic mass is 16.3. The van der Waals surface area contributed by atoms with Crippen LogP contribution in [0.3, 0.4) is 0 Å². The smallest absolute Gasteiger partial charge is 0.0917 e. The van der Waals surface area contributed by atoms with E-state index < -0.39 is 0 Å². The second kappa shape index (κ2) is 7.24. The molecule has 1 unspecified atom stereocenters. The Labute approximate surface area is 123 Å². The molecule has 1 N–H and O–H groups in total. The van der Waals surface area contributed by atoms with E-state index in [9.17, 15) is 5.11 Å². The molecule has 0 radical (unpaired) electrons. The van der Waals surface area contributed by atoms with Crippen LogP contribution < -0.4 is 0 Å². The number of hydrogen-bond acceptors (Lipinski definition) is 2. The topological polar surface area (TPSA) is 23.5 Å². The molecule has 1 saturated carbocycles. The Morgan fingerprint density at radius 2 is 1.60 bits per heavy atom. The third kappa shape index (κ3) is 4.32. The van der Waals surface area contributed by atoms with Crippen molar-refractivity contribution in [2.24, 2.45) is 0 Å². The summed E-state index contributed by atoms with van der Waals surface area (Å²) in [5, 5.41) is 10.5. The van der Waals surface area contributed by atoms with Crippen LogP contribution in [0.2, 0.25) is 0 Å². The number of aryl methyl sites for hydroxylation is 2. The fraction of sp³-hybridized carbons (Fsp3) is 0.667. The van der Waals surface area contributed by atoms with E-state index in [-0.39, 0.29) is 6.10 Å². The molecule has 1 atom stereocenters. The molecule has 20 heavy (non-hydrogen) atoms. The molecule has 0 saturated heterocycles. The van der Waals surface area contributed by atoms with Crippen molar-refractivity contribution in [3.05, 3.63) is 34.9 Å². The number of aliphatic hydroxyl groups is 1. The van der Waals surface area contributed by atoms with Crippen LogP contribution >= 0.6 is 0 Å². The molecule has 0 aliphatic heterocycles. The second-order valence-electron chi connectivity index (χ2n) is 6.52. The minimum atomic E-state index is -0.373. The Morgan fingerprint density at radius 3 is 2.15 bits per heavy atom. The van der Waals surface area contributed by atoms with Gasteiger partial charge < -0.3 is 10.0 Å². The van der Waals surface area contributed by atoms with Gasteiger partial charge in [-0.05, 0) is 39.3 Å². The Hall–Kier alpha value is -0.860. The Morgan fingerprint density at radius 1 is 1.05 bits per heavy atom. The van der Waals surface area contributed by atoms with Crippen molar-refractivity contribution in [1.82, 2.24) is 4.90 Å². The predicted molar refractivity (Wildman–Crippen MR) is 85.0 cm³/mol. The summed E-state index contributed by atoms with van der Waals surface area (Å²) in [5.74, 6) is 0. The van der Waals surface area contributed by atoms with E-state index >= 15 is 0 Å². The van der Waals surface area contributed by atoms with E-state index in [4.69, 9.17) is 0 Å². The average Bonchev–Trinajstić information content (AvgIpc) is 2.66. The van der Waals surface area contributed by atoms with Crippen LogP contribution in [0.1, 0.15) is 61.3 Å². The van der Waals surface area contributed by atoms with Gasteiger partial charge in [0.1, 0.15) is 0 Å². The highest BCUT2D eigenvalue weighted by Gasteiger charge is 2.20.